The van der Waals surface area contributed by atoms with E-state index in [1.54, 1.807) is 11.1 Å². The third-order valence-corrected chi connectivity index (χ3v) is 19.5. The number of piperazine rings is 1. The summed E-state index contributed by atoms with van der Waals surface area (Å²) in [5.74, 6) is 0.961. The zero-order valence-electron chi connectivity index (χ0n) is 41.7. The fourth-order valence-corrected chi connectivity index (χ4v) is 15.1. The van der Waals surface area contributed by atoms with E-state index in [0.29, 0.717) is 47.6 Å². The molecule has 0 spiro atoms. The van der Waals surface area contributed by atoms with Crippen LogP contribution in [-0.2, 0) is 37.2 Å². The van der Waals surface area contributed by atoms with Gasteiger partial charge in [0.25, 0.3) is 0 Å². The van der Waals surface area contributed by atoms with Gasteiger partial charge in [-0.3, -0.25) is 34.5 Å². The largest absolute Gasteiger partial charge is 0.492 e. The van der Waals surface area contributed by atoms with Crippen LogP contribution in [0.3, 0.4) is 0 Å². The van der Waals surface area contributed by atoms with Crippen LogP contribution in [0.4, 0.5) is 34.5 Å². The summed E-state index contributed by atoms with van der Waals surface area (Å²) in [7, 11) is -2.64. The number of rotatable bonds is 14. The van der Waals surface area contributed by atoms with Gasteiger partial charge in [-0.1, -0.05) is 25.1 Å². The number of halogens is 1. The number of hydrogen-bond acceptors (Lipinski definition) is 13. The van der Waals surface area contributed by atoms with E-state index in [1.165, 1.54) is 11.3 Å². The lowest BCUT2D eigenvalue weighted by Crippen LogP contribution is -2.55. The second kappa shape index (κ2) is 20.2. The topological polar surface area (TPSA) is 165 Å². The maximum atomic E-state index is 14.5. The second-order valence-corrected chi connectivity index (χ2v) is 24.4. The highest BCUT2D eigenvalue weighted by Crippen LogP contribution is 2.54. The third-order valence-electron chi connectivity index (χ3n) is 15.5. The molecule has 10 rings (SSSR count). The molecule has 4 saturated heterocycles. The lowest BCUT2D eigenvalue weighted by Gasteiger charge is -2.43. The van der Waals surface area contributed by atoms with E-state index in [2.05, 4.69) is 95.7 Å². The van der Waals surface area contributed by atoms with Crippen molar-refractivity contribution in [3.8, 4) is 5.75 Å². The summed E-state index contributed by atoms with van der Waals surface area (Å²) in [6.45, 7) is 17.6. The van der Waals surface area contributed by atoms with E-state index in [1.807, 2.05) is 45.0 Å². The molecule has 5 aromatic rings. The highest BCUT2D eigenvalue weighted by Gasteiger charge is 2.49. The molecule has 0 saturated carbocycles. The van der Waals surface area contributed by atoms with Gasteiger partial charge in [-0.25, -0.2) is 4.98 Å². The lowest BCUT2D eigenvalue weighted by molar-refractivity contribution is -0.136. The third kappa shape index (κ3) is 9.81. The van der Waals surface area contributed by atoms with E-state index < -0.39 is 24.5 Å². The SMILES string of the molecule is CCOc1cc(N2CCC(N3CCN(CCc4ccc5c(c4)C(C)(C)C(=O)N5C4CCC(=O)NC4=O)CC3)CC2)c(C)cc1Nc1ncc(Br)c(Nc2ccc3nc(CC)ccc3c2P2(=O)CCCC2)n1. The minimum absolute atomic E-state index is 0.0926. The Kier molecular flexibility index (Phi) is 14.0. The monoisotopic (exact) mass is 1040 g/mol. The molecule has 374 valence electrons. The summed E-state index contributed by atoms with van der Waals surface area (Å²) >= 11 is 3.68. The molecule has 1 atom stereocenters. The van der Waals surface area contributed by atoms with Crippen molar-refractivity contribution < 1.29 is 23.7 Å². The van der Waals surface area contributed by atoms with E-state index in [4.69, 9.17) is 14.7 Å². The first-order chi connectivity index (χ1) is 34.2. The highest BCUT2D eigenvalue weighted by atomic mass is 79.9. The van der Waals surface area contributed by atoms with Crippen molar-refractivity contribution in [2.45, 2.75) is 103 Å². The molecule has 2 aromatic heterocycles. The van der Waals surface area contributed by atoms with Gasteiger partial charge < -0.3 is 29.7 Å². The minimum Gasteiger partial charge on any atom is -0.492 e. The minimum atomic E-state index is -2.64. The summed E-state index contributed by atoms with van der Waals surface area (Å²) in [5, 5.41) is 11.2. The van der Waals surface area contributed by atoms with Gasteiger partial charge in [-0.2, -0.15) is 4.98 Å². The van der Waals surface area contributed by atoms with Crippen molar-refractivity contribution in [1.82, 2.24) is 30.1 Å². The van der Waals surface area contributed by atoms with E-state index in [9.17, 15) is 18.9 Å². The molecule has 0 bridgehead atoms. The molecule has 7 heterocycles. The summed E-state index contributed by atoms with van der Waals surface area (Å²) in [5.41, 5.74) is 7.96. The lowest BCUT2D eigenvalue weighted by atomic mass is 9.85. The highest BCUT2D eigenvalue weighted by molar-refractivity contribution is 9.10. The van der Waals surface area contributed by atoms with Crippen molar-refractivity contribution in [1.29, 1.82) is 0 Å². The number of carbonyl (C=O) groups is 3. The number of piperidine rings is 2. The van der Waals surface area contributed by atoms with Gasteiger partial charge in [0, 0.05) is 111 Å². The molecule has 5 aliphatic rings. The smallest absolute Gasteiger partial charge is 0.249 e. The van der Waals surface area contributed by atoms with Crippen LogP contribution >= 0.6 is 23.1 Å². The summed E-state index contributed by atoms with van der Waals surface area (Å²) in [6, 6.07) is 18.5. The maximum absolute atomic E-state index is 14.5. The predicted molar refractivity (Wildman–Crippen MR) is 286 cm³/mol. The Labute approximate surface area is 425 Å². The molecule has 3 N–H and O–H groups in total. The first kappa shape index (κ1) is 49.2. The quantitative estimate of drug-likeness (QED) is 0.0716. The van der Waals surface area contributed by atoms with Crippen molar-refractivity contribution >= 4 is 91.5 Å². The van der Waals surface area contributed by atoms with Gasteiger partial charge in [0.15, 0.2) is 0 Å². The Balaban J connectivity index is 0.753. The predicted octanol–water partition coefficient (Wildman–Crippen LogP) is 8.58. The fraction of sp³-hybridized carbons (Fsp3) is 0.481. The molecule has 15 nitrogen and oxygen atoms in total. The Hall–Kier alpha value is -5.41. The molecule has 0 aliphatic carbocycles. The maximum Gasteiger partial charge on any atom is 0.249 e. The van der Waals surface area contributed by atoms with E-state index >= 15 is 0 Å². The number of nitrogens with zero attached hydrogens (tertiary/aromatic N) is 7. The van der Waals surface area contributed by atoms with Crippen LogP contribution in [0, 0.1) is 6.92 Å². The summed E-state index contributed by atoms with van der Waals surface area (Å²) in [4.78, 5) is 62.1. The molecule has 4 fully saturated rings. The number of ether oxygens (including phenoxy) is 1. The Morgan fingerprint density at radius 2 is 1.65 bits per heavy atom. The molecule has 3 aromatic carbocycles. The number of amides is 3. The average Bonchev–Trinajstić information content (AvgIpc) is 3.89. The number of aryl methyl sites for hydroxylation is 2. The molecule has 17 heteroatoms. The molecule has 0 radical (unpaired) electrons. The van der Waals surface area contributed by atoms with Crippen molar-refractivity contribution in [3.05, 3.63) is 87.7 Å². The van der Waals surface area contributed by atoms with Gasteiger partial charge in [-0.15, -0.1) is 0 Å². The second-order valence-electron chi connectivity index (χ2n) is 20.4. The van der Waals surface area contributed by atoms with Gasteiger partial charge in [0.2, 0.25) is 23.7 Å². The zero-order valence-corrected chi connectivity index (χ0v) is 44.1. The fourth-order valence-electron chi connectivity index (χ4n) is 11.5. The van der Waals surface area contributed by atoms with Gasteiger partial charge in [-0.05, 0) is 136 Å². The number of aromatic nitrogens is 3. The molecular formula is C54H66BrN10O5P. The van der Waals surface area contributed by atoms with Gasteiger partial charge >= 0.3 is 0 Å². The Morgan fingerprint density at radius 3 is 2.38 bits per heavy atom. The standard InChI is InChI=1S/C54H66BrN10O5P/c1-6-36-11-12-38-41(57-36)13-14-42(49(38)71(69)28-8-9-29-71)58-50-40(55)33-56-53(61-50)59-43-30-34(3)46(32-47(43)70-7-2)64-22-19-37(20-23-64)63-26-24-62(25-27-63)21-18-35-10-15-44-39(31-35)54(4,5)52(68)65(44)45-16-17-48(66)60-51(45)67/h10-15,30-33,37,45H,6-9,16-29H2,1-5H3,(H,60,66,67)(H2,56,58,59,61). The summed E-state index contributed by atoms with van der Waals surface area (Å²) in [6.07, 6.45) is 9.53. The number of benzene rings is 3. The van der Waals surface area contributed by atoms with Crippen LogP contribution in [-0.4, -0.2) is 119 Å². The molecule has 5 aliphatic heterocycles. The van der Waals surface area contributed by atoms with Gasteiger partial charge in [0.1, 0.15) is 24.8 Å². The number of nitrogens with one attached hydrogen (secondary N) is 3. The Bertz CT molecular complexity index is 2920. The normalized spacial score (nSPS) is 20.6. The molecule has 3 amide bonds. The number of fused-ring (bicyclic) bond motifs is 2. The first-order valence-corrected chi connectivity index (χ1v) is 28.5. The molecule has 1 unspecified atom stereocenters. The number of imide groups is 1. The first-order valence-electron chi connectivity index (χ1n) is 25.6. The summed E-state index contributed by atoms with van der Waals surface area (Å²) < 4.78 is 21.5. The van der Waals surface area contributed by atoms with E-state index in [0.717, 1.165) is 140 Å². The molecular weight excluding hydrogens is 980 g/mol. The van der Waals surface area contributed by atoms with Crippen LogP contribution in [0.5, 0.6) is 5.75 Å². The van der Waals surface area contributed by atoms with E-state index in [-0.39, 0.29) is 18.2 Å². The van der Waals surface area contributed by atoms with Crippen molar-refractivity contribution in [3.63, 3.8) is 0 Å². The number of anilines is 6. The number of carbonyl (C=O) groups excluding carboxylic acids is 3. The number of pyridine rings is 1. The van der Waals surface area contributed by atoms with Crippen LogP contribution in [0.15, 0.2) is 65.3 Å². The van der Waals surface area contributed by atoms with Crippen LogP contribution < -0.4 is 35.8 Å². The van der Waals surface area contributed by atoms with Crippen molar-refractivity contribution in [2.75, 3.05) is 85.2 Å². The van der Waals surface area contributed by atoms with Crippen LogP contribution in [0.2, 0.25) is 0 Å². The number of hydrogen-bond donors (Lipinski definition) is 3. The van der Waals surface area contributed by atoms with Crippen molar-refractivity contribution in [2.24, 2.45) is 0 Å². The Morgan fingerprint density at radius 1 is 0.873 bits per heavy atom. The average molecular weight is 1050 g/mol. The van der Waals surface area contributed by atoms with Gasteiger partial charge in [0.05, 0.1) is 33.4 Å². The molecule has 71 heavy (non-hydrogen) atoms. The van der Waals surface area contributed by atoms with Crippen LogP contribution in [0.1, 0.15) is 88.6 Å². The zero-order chi connectivity index (χ0) is 49.6. The van der Waals surface area contributed by atoms with Crippen LogP contribution in [0.25, 0.3) is 10.9 Å².